The highest BCUT2D eigenvalue weighted by Crippen LogP contribution is 2.12. The molecular formula is C11H9FN2O. The van der Waals surface area contributed by atoms with Crippen LogP contribution in [0.1, 0.15) is 15.9 Å². The van der Waals surface area contributed by atoms with Crippen molar-refractivity contribution in [3.63, 3.8) is 0 Å². The third-order valence-corrected chi connectivity index (χ3v) is 2.08. The maximum absolute atomic E-state index is 13.0. The van der Waals surface area contributed by atoms with Gasteiger partial charge in [0.1, 0.15) is 5.82 Å². The lowest BCUT2D eigenvalue weighted by atomic mass is 10.2. The summed E-state index contributed by atoms with van der Waals surface area (Å²) in [5.41, 5.74) is 1.72. The molecule has 1 aromatic heterocycles. The second kappa shape index (κ2) is 3.65. The van der Waals surface area contributed by atoms with E-state index in [-0.39, 0.29) is 5.56 Å². The SMILES string of the molecule is Cc1cnn(-c2ccc(F)c(C=O)c2)c1. The van der Waals surface area contributed by atoms with Crippen LogP contribution in [0, 0.1) is 12.7 Å². The number of aromatic nitrogens is 2. The molecule has 15 heavy (non-hydrogen) atoms. The minimum atomic E-state index is -0.516. The highest BCUT2D eigenvalue weighted by molar-refractivity contribution is 5.76. The van der Waals surface area contributed by atoms with E-state index in [1.165, 1.54) is 12.1 Å². The Hall–Kier alpha value is -1.97. The molecule has 0 aliphatic heterocycles. The number of halogens is 1. The molecule has 0 amide bonds. The van der Waals surface area contributed by atoms with E-state index in [4.69, 9.17) is 0 Å². The molecule has 0 saturated carbocycles. The predicted molar refractivity (Wildman–Crippen MR) is 53.6 cm³/mol. The molecule has 2 rings (SSSR count). The Labute approximate surface area is 86.2 Å². The van der Waals surface area contributed by atoms with Crippen LogP contribution in [0.2, 0.25) is 0 Å². The van der Waals surface area contributed by atoms with Crippen LogP contribution in [0.4, 0.5) is 4.39 Å². The maximum atomic E-state index is 13.0. The molecule has 2 aromatic rings. The molecule has 0 atom stereocenters. The van der Waals surface area contributed by atoms with Crippen molar-refractivity contribution in [1.29, 1.82) is 0 Å². The highest BCUT2D eigenvalue weighted by Gasteiger charge is 2.04. The average Bonchev–Trinajstić information content (AvgIpc) is 2.66. The topological polar surface area (TPSA) is 34.9 Å². The number of nitrogens with zero attached hydrogens (tertiary/aromatic N) is 2. The third kappa shape index (κ3) is 1.79. The van der Waals surface area contributed by atoms with E-state index in [0.29, 0.717) is 12.0 Å². The van der Waals surface area contributed by atoms with Crippen molar-refractivity contribution in [2.45, 2.75) is 6.92 Å². The Morgan fingerprint density at radius 1 is 1.47 bits per heavy atom. The number of rotatable bonds is 2. The van der Waals surface area contributed by atoms with Gasteiger partial charge in [0.05, 0.1) is 17.4 Å². The molecule has 0 spiro atoms. The fourth-order valence-electron chi connectivity index (χ4n) is 1.32. The van der Waals surface area contributed by atoms with Gasteiger partial charge in [-0.25, -0.2) is 9.07 Å². The number of benzene rings is 1. The zero-order valence-electron chi connectivity index (χ0n) is 8.14. The molecule has 4 heteroatoms. The fourth-order valence-corrected chi connectivity index (χ4v) is 1.32. The van der Waals surface area contributed by atoms with Gasteiger partial charge in [0.15, 0.2) is 6.29 Å². The molecule has 0 aliphatic carbocycles. The second-order valence-corrected chi connectivity index (χ2v) is 3.29. The van der Waals surface area contributed by atoms with Crippen LogP contribution in [-0.4, -0.2) is 16.1 Å². The summed E-state index contributed by atoms with van der Waals surface area (Å²) in [5, 5.41) is 4.07. The van der Waals surface area contributed by atoms with Crippen molar-refractivity contribution in [3.05, 3.63) is 47.5 Å². The van der Waals surface area contributed by atoms with Crippen molar-refractivity contribution in [3.8, 4) is 5.69 Å². The lowest BCUT2D eigenvalue weighted by Crippen LogP contribution is -1.97. The molecular weight excluding hydrogens is 195 g/mol. The van der Waals surface area contributed by atoms with Crippen LogP contribution in [0.5, 0.6) is 0 Å². The second-order valence-electron chi connectivity index (χ2n) is 3.29. The lowest BCUT2D eigenvalue weighted by Gasteiger charge is -2.02. The molecule has 0 unspecified atom stereocenters. The lowest BCUT2D eigenvalue weighted by molar-refractivity contribution is 0.112. The Bertz CT molecular complexity index is 505. The van der Waals surface area contributed by atoms with E-state index in [2.05, 4.69) is 5.10 Å². The first-order valence-electron chi connectivity index (χ1n) is 4.47. The first-order chi connectivity index (χ1) is 7.20. The summed E-state index contributed by atoms with van der Waals surface area (Å²) in [4.78, 5) is 10.5. The summed E-state index contributed by atoms with van der Waals surface area (Å²) < 4.78 is 14.6. The average molecular weight is 204 g/mol. The van der Waals surface area contributed by atoms with E-state index < -0.39 is 5.82 Å². The molecule has 1 heterocycles. The van der Waals surface area contributed by atoms with E-state index in [1.54, 1.807) is 16.9 Å². The first-order valence-corrected chi connectivity index (χ1v) is 4.47. The number of carbonyl (C=O) groups is 1. The van der Waals surface area contributed by atoms with Gasteiger partial charge in [0.25, 0.3) is 0 Å². The molecule has 0 N–H and O–H groups in total. The number of hydrogen-bond donors (Lipinski definition) is 0. The van der Waals surface area contributed by atoms with E-state index >= 15 is 0 Å². The quantitative estimate of drug-likeness (QED) is 0.702. The van der Waals surface area contributed by atoms with Gasteiger partial charge in [-0.3, -0.25) is 4.79 Å². The minimum Gasteiger partial charge on any atom is -0.298 e. The van der Waals surface area contributed by atoms with Gasteiger partial charge in [-0.2, -0.15) is 5.10 Å². The van der Waals surface area contributed by atoms with Crippen LogP contribution >= 0.6 is 0 Å². The van der Waals surface area contributed by atoms with Crippen LogP contribution in [-0.2, 0) is 0 Å². The summed E-state index contributed by atoms with van der Waals surface area (Å²) in [6.07, 6.45) is 4.00. The van der Waals surface area contributed by atoms with Crippen molar-refractivity contribution in [2.24, 2.45) is 0 Å². The maximum Gasteiger partial charge on any atom is 0.153 e. The Balaban J connectivity index is 2.50. The Morgan fingerprint density at radius 3 is 2.87 bits per heavy atom. The Kier molecular flexibility index (Phi) is 2.33. The van der Waals surface area contributed by atoms with Gasteiger partial charge in [-0.1, -0.05) is 0 Å². The van der Waals surface area contributed by atoms with Gasteiger partial charge in [0, 0.05) is 6.20 Å². The summed E-state index contributed by atoms with van der Waals surface area (Å²) in [6.45, 7) is 1.91. The minimum absolute atomic E-state index is 0.0423. The Morgan fingerprint density at radius 2 is 2.27 bits per heavy atom. The molecule has 0 fully saturated rings. The van der Waals surface area contributed by atoms with Gasteiger partial charge in [0.2, 0.25) is 0 Å². The normalized spacial score (nSPS) is 10.3. The summed E-state index contributed by atoms with van der Waals surface area (Å²) >= 11 is 0. The highest BCUT2D eigenvalue weighted by atomic mass is 19.1. The molecule has 76 valence electrons. The van der Waals surface area contributed by atoms with Gasteiger partial charge in [-0.15, -0.1) is 0 Å². The smallest absolute Gasteiger partial charge is 0.153 e. The molecule has 1 aromatic carbocycles. The zero-order chi connectivity index (χ0) is 10.8. The van der Waals surface area contributed by atoms with Gasteiger partial charge in [-0.05, 0) is 30.7 Å². The summed E-state index contributed by atoms with van der Waals surface area (Å²) in [5.74, 6) is -0.516. The van der Waals surface area contributed by atoms with Crippen LogP contribution in [0.3, 0.4) is 0 Å². The molecule has 0 bridgehead atoms. The number of carbonyl (C=O) groups excluding carboxylic acids is 1. The molecule has 0 aliphatic rings. The molecule has 3 nitrogen and oxygen atoms in total. The van der Waals surface area contributed by atoms with Crippen LogP contribution < -0.4 is 0 Å². The predicted octanol–water partition coefficient (Wildman–Crippen LogP) is 2.13. The number of hydrogen-bond acceptors (Lipinski definition) is 2. The zero-order valence-corrected chi connectivity index (χ0v) is 8.14. The van der Waals surface area contributed by atoms with Crippen molar-refractivity contribution in [1.82, 2.24) is 9.78 Å². The van der Waals surface area contributed by atoms with Gasteiger partial charge >= 0.3 is 0 Å². The van der Waals surface area contributed by atoms with Crippen LogP contribution in [0.15, 0.2) is 30.6 Å². The third-order valence-electron chi connectivity index (χ3n) is 2.08. The van der Waals surface area contributed by atoms with E-state index in [1.807, 2.05) is 13.1 Å². The molecule has 0 saturated heterocycles. The summed E-state index contributed by atoms with van der Waals surface area (Å²) in [6, 6.07) is 4.31. The number of aryl methyl sites for hydroxylation is 1. The largest absolute Gasteiger partial charge is 0.298 e. The monoisotopic (exact) mass is 204 g/mol. The van der Waals surface area contributed by atoms with E-state index in [0.717, 1.165) is 5.56 Å². The van der Waals surface area contributed by atoms with Gasteiger partial charge < -0.3 is 0 Å². The van der Waals surface area contributed by atoms with Crippen molar-refractivity contribution in [2.75, 3.05) is 0 Å². The van der Waals surface area contributed by atoms with Crippen molar-refractivity contribution < 1.29 is 9.18 Å². The summed E-state index contributed by atoms with van der Waals surface area (Å²) in [7, 11) is 0. The van der Waals surface area contributed by atoms with Crippen LogP contribution in [0.25, 0.3) is 5.69 Å². The molecule has 0 radical (unpaired) electrons. The standard InChI is InChI=1S/C11H9FN2O/c1-8-5-13-14(6-8)10-2-3-11(12)9(4-10)7-15/h2-7H,1H3. The first kappa shape index (κ1) is 9.58. The van der Waals surface area contributed by atoms with Crippen molar-refractivity contribution >= 4 is 6.29 Å². The van der Waals surface area contributed by atoms with E-state index in [9.17, 15) is 9.18 Å². The fraction of sp³-hybridized carbons (Fsp3) is 0.0909. The number of aldehydes is 1.